The Morgan fingerprint density at radius 3 is 2.77 bits per heavy atom. The van der Waals surface area contributed by atoms with E-state index in [1.165, 1.54) is 19.3 Å². The summed E-state index contributed by atoms with van der Waals surface area (Å²) in [6.07, 6.45) is 4.34. The summed E-state index contributed by atoms with van der Waals surface area (Å²) in [6.45, 7) is 3.88. The van der Waals surface area contributed by atoms with Gasteiger partial charge in [-0.1, -0.05) is 13.3 Å². The first kappa shape index (κ1) is 10.5. The molecule has 1 atom stereocenters. The third kappa shape index (κ3) is 4.27. The molecule has 1 aliphatic rings. The Morgan fingerprint density at radius 1 is 1.62 bits per heavy atom. The van der Waals surface area contributed by atoms with Gasteiger partial charge in [0.15, 0.2) is 0 Å². The molecular formula is C10H19NO2. The maximum atomic E-state index is 10.3. The average Bonchev–Trinajstić information content (AvgIpc) is 1.92. The highest BCUT2D eigenvalue weighted by Gasteiger charge is 2.16. The fourth-order valence-corrected chi connectivity index (χ4v) is 1.60. The van der Waals surface area contributed by atoms with Crippen LogP contribution in [-0.4, -0.2) is 24.2 Å². The molecule has 1 saturated carbocycles. The molecular weight excluding hydrogens is 166 g/mol. The zero-order chi connectivity index (χ0) is 9.68. The Labute approximate surface area is 79.5 Å². The molecule has 0 aromatic carbocycles. The summed E-state index contributed by atoms with van der Waals surface area (Å²) in [5.74, 6) is 0.410. The van der Waals surface area contributed by atoms with Crippen LogP contribution in [0.25, 0.3) is 0 Å². The van der Waals surface area contributed by atoms with Gasteiger partial charge in [-0.2, -0.15) is 0 Å². The molecule has 0 aromatic rings. The van der Waals surface area contributed by atoms with E-state index in [0.29, 0.717) is 0 Å². The van der Waals surface area contributed by atoms with E-state index in [2.05, 4.69) is 5.32 Å². The van der Waals surface area contributed by atoms with Gasteiger partial charge in [-0.15, -0.1) is 0 Å². The normalized spacial score (nSPS) is 19.5. The number of carboxylic acid groups (broad SMARTS) is 1. The summed E-state index contributed by atoms with van der Waals surface area (Å²) in [5, 5.41) is 11.9. The maximum absolute atomic E-state index is 10.3. The monoisotopic (exact) mass is 185 g/mol. The van der Waals surface area contributed by atoms with Crippen LogP contribution in [0.3, 0.4) is 0 Å². The largest absolute Gasteiger partial charge is 0.481 e. The first-order chi connectivity index (χ1) is 6.18. The van der Waals surface area contributed by atoms with Crippen LogP contribution >= 0.6 is 0 Å². The molecule has 3 heteroatoms. The molecule has 0 radical (unpaired) electrons. The Kier molecular flexibility index (Phi) is 4.22. The van der Waals surface area contributed by atoms with Crippen LogP contribution in [0.5, 0.6) is 0 Å². The highest BCUT2D eigenvalue weighted by atomic mass is 16.4. The number of hydrogen-bond donors (Lipinski definition) is 2. The Bertz CT molecular complexity index is 166. The minimum Gasteiger partial charge on any atom is -0.481 e. The number of hydrogen-bond acceptors (Lipinski definition) is 2. The van der Waals surface area contributed by atoms with Crippen molar-refractivity contribution in [2.45, 2.75) is 32.6 Å². The van der Waals surface area contributed by atoms with Crippen LogP contribution < -0.4 is 5.32 Å². The fraction of sp³-hybridized carbons (Fsp3) is 0.900. The van der Waals surface area contributed by atoms with E-state index in [1.54, 1.807) is 0 Å². The molecule has 2 N–H and O–H groups in total. The van der Waals surface area contributed by atoms with Crippen LogP contribution in [0, 0.1) is 11.8 Å². The SMILES string of the molecule is CC(CNCC1CCC1)CC(=O)O. The van der Waals surface area contributed by atoms with Gasteiger partial charge in [-0.25, -0.2) is 0 Å². The first-order valence-corrected chi connectivity index (χ1v) is 5.11. The number of nitrogens with one attached hydrogen (secondary N) is 1. The third-order valence-electron chi connectivity index (χ3n) is 2.67. The highest BCUT2D eigenvalue weighted by Crippen LogP contribution is 2.25. The van der Waals surface area contributed by atoms with Crippen molar-refractivity contribution >= 4 is 5.97 Å². The van der Waals surface area contributed by atoms with Crippen molar-refractivity contribution < 1.29 is 9.90 Å². The zero-order valence-corrected chi connectivity index (χ0v) is 8.25. The van der Waals surface area contributed by atoms with Crippen LogP contribution in [-0.2, 0) is 4.79 Å². The summed E-state index contributed by atoms with van der Waals surface area (Å²) >= 11 is 0. The van der Waals surface area contributed by atoms with E-state index < -0.39 is 5.97 Å². The van der Waals surface area contributed by atoms with E-state index >= 15 is 0 Å². The third-order valence-corrected chi connectivity index (χ3v) is 2.67. The predicted octanol–water partition coefficient (Wildman–Crippen LogP) is 1.49. The van der Waals surface area contributed by atoms with E-state index in [4.69, 9.17) is 5.11 Å². The van der Waals surface area contributed by atoms with Crippen LogP contribution in [0.1, 0.15) is 32.6 Å². The lowest BCUT2D eigenvalue weighted by Crippen LogP contribution is -2.31. The molecule has 1 rings (SSSR count). The number of rotatable bonds is 6. The summed E-state index contributed by atoms with van der Waals surface area (Å²) in [5.41, 5.74) is 0. The van der Waals surface area contributed by atoms with Crippen molar-refractivity contribution in [2.24, 2.45) is 11.8 Å². The van der Waals surface area contributed by atoms with Crippen molar-refractivity contribution in [1.29, 1.82) is 0 Å². The molecule has 0 aromatic heterocycles. The number of aliphatic carboxylic acids is 1. The maximum Gasteiger partial charge on any atom is 0.303 e. The van der Waals surface area contributed by atoms with E-state index in [0.717, 1.165) is 19.0 Å². The topological polar surface area (TPSA) is 49.3 Å². The quantitative estimate of drug-likeness (QED) is 0.659. The first-order valence-electron chi connectivity index (χ1n) is 5.11. The minimum absolute atomic E-state index is 0.248. The smallest absolute Gasteiger partial charge is 0.303 e. The van der Waals surface area contributed by atoms with Crippen molar-refractivity contribution in [3.05, 3.63) is 0 Å². The van der Waals surface area contributed by atoms with Gasteiger partial charge in [0.1, 0.15) is 0 Å². The summed E-state index contributed by atoms with van der Waals surface area (Å²) < 4.78 is 0. The van der Waals surface area contributed by atoms with Gasteiger partial charge in [0.25, 0.3) is 0 Å². The van der Waals surface area contributed by atoms with Gasteiger partial charge >= 0.3 is 5.97 Å². The highest BCUT2D eigenvalue weighted by molar-refractivity contribution is 5.66. The standard InChI is InChI=1S/C10H19NO2/c1-8(5-10(12)13)6-11-7-9-3-2-4-9/h8-9,11H,2-7H2,1H3,(H,12,13). The van der Waals surface area contributed by atoms with Crippen molar-refractivity contribution in [3.8, 4) is 0 Å². The summed E-state index contributed by atoms with van der Waals surface area (Å²) in [6, 6.07) is 0. The van der Waals surface area contributed by atoms with Gasteiger partial charge in [0.05, 0.1) is 0 Å². The molecule has 0 bridgehead atoms. The minimum atomic E-state index is -0.696. The average molecular weight is 185 g/mol. The van der Waals surface area contributed by atoms with Gasteiger partial charge < -0.3 is 10.4 Å². The second-order valence-electron chi connectivity index (χ2n) is 4.16. The summed E-state index contributed by atoms with van der Waals surface area (Å²) in [4.78, 5) is 10.3. The molecule has 1 aliphatic carbocycles. The lowest BCUT2D eigenvalue weighted by molar-refractivity contribution is -0.137. The Balaban J connectivity index is 1.94. The molecule has 3 nitrogen and oxygen atoms in total. The number of carboxylic acids is 1. The lowest BCUT2D eigenvalue weighted by atomic mass is 9.85. The second kappa shape index (κ2) is 5.22. The number of carbonyl (C=O) groups is 1. The van der Waals surface area contributed by atoms with Crippen molar-refractivity contribution in [2.75, 3.05) is 13.1 Å². The molecule has 0 aliphatic heterocycles. The predicted molar refractivity (Wildman–Crippen MR) is 51.6 cm³/mol. The van der Waals surface area contributed by atoms with Gasteiger partial charge in [0.2, 0.25) is 0 Å². The molecule has 0 amide bonds. The van der Waals surface area contributed by atoms with E-state index in [-0.39, 0.29) is 12.3 Å². The molecule has 1 fully saturated rings. The van der Waals surface area contributed by atoms with Crippen molar-refractivity contribution in [1.82, 2.24) is 5.32 Å². The van der Waals surface area contributed by atoms with Gasteiger partial charge in [0, 0.05) is 6.42 Å². The van der Waals surface area contributed by atoms with E-state index in [1.807, 2.05) is 6.92 Å². The van der Waals surface area contributed by atoms with Crippen LogP contribution in [0.4, 0.5) is 0 Å². The molecule has 0 heterocycles. The fourth-order valence-electron chi connectivity index (χ4n) is 1.60. The van der Waals surface area contributed by atoms with Gasteiger partial charge in [-0.05, 0) is 37.8 Å². The molecule has 0 saturated heterocycles. The molecule has 1 unspecified atom stereocenters. The second-order valence-corrected chi connectivity index (χ2v) is 4.16. The molecule has 0 spiro atoms. The Morgan fingerprint density at radius 2 is 2.31 bits per heavy atom. The van der Waals surface area contributed by atoms with Crippen molar-refractivity contribution in [3.63, 3.8) is 0 Å². The molecule has 76 valence electrons. The molecule has 13 heavy (non-hydrogen) atoms. The van der Waals surface area contributed by atoms with Crippen LogP contribution in [0.15, 0.2) is 0 Å². The lowest BCUT2D eigenvalue weighted by Gasteiger charge is -2.26. The van der Waals surface area contributed by atoms with Crippen LogP contribution in [0.2, 0.25) is 0 Å². The Hall–Kier alpha value is -0.570. The van der Waals surface area contributed by atoms with Gasteiger partial charge in [-0.3, -0.25) is 4.79 Å². The zero-order valence-electron chi connectivity index (χ0n) is 8.25. The van der Waals surface area contributed by atoms with E-state index in [9.17, 15) is 4.79 Å². The summed E-state index contributed by atoms with van der Waals surface area (Å²) in [7, 11) is 0.